The van der Waals surface area contributed by atoms with Crippen molar-refractivity contribution in [3.63, 3.8) is 0 Å². The van der Waals surface area contributed by atoms with Crippen LogP contribution < -0.4 is 10.1 Å². The Labute approximate surface area is 127 Å². The van der Waals surface area contributed by atoms with Crippen LogP contribution in [0.15, 0.2) is 18.2 Å². The second kappa shape index (κ2) is 7.21. The zero-order chi connectivity index (χ0) is 14.5. The van der Waals surface area contributed by atoms with Crippen molar-refractivity contribution in [2.24, 2.45) is 5.92 Å². The number of halogens is 1. The summed E-state index contributed by atoms with van der Waals surface area (Å²) in [7, 11) is 0. The zero-order valence-corrected chi connectivity index (χ0v) is 13.5. The van der Waals surface area contributed by atoms with Crippen molar-refractivity contribution in [3.05, 3.63) is 23.2 Å². The Balaban J connectivity index is 2.04. The molecule has 1 aromatic carbocycles. The largest absolute Gasteiger partial charge is 0.489 e. The van der Waals surface area contributed by atoms with Crippen LogP contribution in [-0.2, 0) is 0 Å². The maximum absolute atomic E-state index is 6.30. The second-order valence-corrected chi connectivity index (χ2v) is 6.42. The van der Waals surface area contributed by atoms with Crippen molar-refractivity contribution in [2.75, 3.05) is 5.32 Å². The van der Waals surface area contributed by atoms with Crippen molar-refractivity contribution >= 4 is 17.3 Å². The summed E-state index contributed by atoms with van der Waals surface area (Å²) in [5, 5.41) is 4.35. The van der Waals surface area contributed by atoms with Gasteiger partial charge in [0.05, 0.1) is 11.1 Å². The van der Waals surface area contributed by atoms with Crippen LogP contribution in [0.25, 0.3) is 0 Å². The molecule has 1 saturated carbocycles. The van der Waals surface area contributed by atoms with E-state index in [1.807, 2.05) is 26.0 Å². The lowest BCUT2D eigenvalue weighted by Gasteiger charge is -2.32. The van der Waals surface area contributed by atoms with Crippen LogP contribution >= 0.6 is 11.6 Å². The maximum atomic E-state index is 6.30. The Morgan fingerprint density at radius 2 is 2.05 bits per heavy atom. The molecule has 3 heteroatoms. The van der Waals surface area contributed by atoms with E-state index in [0.29, 0.717) is 11.1 Å². The summed E-state index contributed by atoms with van der Waals surface area (Å²) in [5.41, 5.74) is 1.11. The molecule has 1 fully saturated rings. The number of rotatable bonds is 5. The summed E-state index contributed by atoms with van der Waals surface area (Å²) in [5.74, 6) is 1.55. The van der Waals surface area contributed by atoms with E-state index in [2.05, 4.69) is 18.3 Å². The van der Waals surface area contributed by atoms with E-state index in [9.17, 15) is 0 Å². The Hall–Kier alpha value is -0.890. The molecule has 0 aromatic heterocycles. The molecule has 2 unspecified atom stereocenters. The fourth-order valence-electron chi connectivity index (χ4n) is 3.04. The van der Waals surface area contributed by atoms with Crippen LogP contribution in [0, 0.1) is 5.92 Å². The lowest BCUT2D eigenvalue weighted by Crippen LogP contribution is -2.31. The predicted octanol–water partition coefficient (Wildman–Crippen LogP) is 5.51. The van der Waals surface area contributed by atoms with Gasteiger partial charge in [-0.2, -0.15) is 0 Å². The van der Waals surface area contributed by atoms with Crippen LogP contribution in [0.5, 0.6) is 5.75 Å². The minimum absolute atomic E-state index is 0.147. The highest BCUT2D eigenvalue weighted by Crippen LogP contribution is 2.32. The average molecular weight is 296 g/mol. The molecule has 0 bridgehead atoms. The van der Waals surface area contributed by atoms with Crippen molar-refractivity contribution < 1.29 is 4.74 Å². The highest BCUT2D eigenvalue weighted by molar-refractivity contribution is 6.32. The van der Waals surface area contributed by atoms with Gasteiger partial charge in [0.1, 0.15) is 5.75 Å². The number of anilines is 1. The SMILES string of the molecule is CCC1CCCCC1Nc1ccc(OC(C)C)c(Cl)c1. The monoisotopic (exact) mass is 295 g/mol. The summed E-state index contributed by atoms with van der Waals surface area (Å²) >= 11 is 6.30. The molecule has 1 aliphatic carbocycles. The van der Waals surface area contributed by atoms with Crippen molar-refractivity contribution in [1.82, 2.24) is 0 Å². The Morgan fingerprint density at radius 1 is 1.30 bits per heavy atom. The van der Waals surface area contributed by atoms with Gasteiger partial charge in [0, 0.05) is 11.7 Å². The second-order valence-electron chi connectivity index (χ2n) is 6.02. The Kier molecular flexibility index (Phi) is 5.59. The number of benzene rings is 1. The molecule has 20 heavy (non-hydrogen) atoms. The molecule has 0 saturated heterocycles. The minimum Gasteiger partial charge on any atom is -0.489 e. The fourth-order valence-corrected chi connectivity index (χ4v) is 3.27. The topological polar surface area (TPSA) is 21.3 Å². The first kappa shape index (κ1) is 15.5. The van der Waals surface area contributed by atoms with Crippen LogP contribution in [0.3, 0.4) is 0 Å². The molecular formula is C17H26ClNO. The maximum Gasteiger partial charge on any atom is 0.138 e. The lowest BCUT2D eigenvalue weighted by molar-refractivity contribution is 0.242. The summed E-state index contributed by atoms with van der Waals surface area (Å²) in [6.07, 6.45) is 6.71. The summed E-state index contributed by atoms with van der Waals surface area (Å²) in [6, 6.07) is 6.61. The standard InChI is InChI=1S/C17H26ClNO/c1-4-13-7-5-6-8-16(13)19-14-9-10-17(15(18)11-14)20-12(2)3/h9-13,16,19H,4-8H2,1-3H3. The molecule has 0 radical (unpaired) electrons. The van der Waals surface area contributed by atoms with Gasteiger partial charge in [-0.05, 0) is 50.8 Å². The summed E-state index contributed by atoms with van der Waals surface area (Å²) < 4.78 is 5.67. The van der Waals surface area contributed by atoms with Gasteiger partial charge in [0.15, 0.2) is 0 Å². The van der Waals surface area contributed by atoms with E-state index < -0.39 is 0 Å². The van der Waals surface area contributed by atoms with Crippen LogP contribution in [0.1, 0.15) is 52.9 Å². The predicted molar refractivity (Wildman–Crippen MR) is 86.9 cm³/mol. The van der Waals surface area contributed by atoms with Crippen molar-refractivity contribution in [3.8, 4) is 5.75 Å². The van der Waals surface area contributed by atoms with Gasteiger partial charge in [-0.25, -0.2) is 0 Å². The van der Waals surface area contributed by atoms with Gasteiger partial charge >= 0.3 is 0 Å². The third-order valence-corrected chi connectivity index (χ3v) is 4.38. The summed E-state index contributed by atoms with van der Waals surface area (Å²) in [4.78, 5) is 0. The van der Waals surface area contributed by atoms with Crippen molar-refractivity contribution in [1.29, 1.82) is 0 Å². The first-order valence-corrected chi connectivity index (χ1v) is 8.20. The molecule has 1 aliphatic rings. The number of nitrogens with one attached hydrogen (secondary N) is 1. The Morgan fingerprint density at radius 3 is 2.70 bits per heavy atom. The number of hydrogen-bond donors (Lipinski definition) is 1. The van der Waals surface area contributed by atoms with Gasteiger partial charge in [-0.3, -0.25) is 0 Å². The first-order chi connectivity index (χ1) is 9.60. The molecule has 112 valence electrons. The third kappa shape index (κ3) is 4.05. The van der Waals surface area contributed by atoms with E-state index in [-0.39, 0.29) is 6.10 Å². The third-order valence-electron chi connectivity index (χ3n) is 4.08. The smallest absolute Gasteiger partial charge is 0.138 e. The highest BCUT2D eigenvalue weighted by atomic mass is 35.5. The number of ether oxygens (including phenoxy) is 1. The van der Waals surface area contributed by atoms with E-state index >= 15 is 0 Å². The Bertz CT molecular complexity index is 433. The van der Waals surface area contributed by atoms with E-state index in [1.165, 1.54) is 32.1 Å². The van der Waals surface area contributed by atoms with Crippen LogP contribution in [-0.4, -0.2) is 12.1 Å². The highest BCUT2D eigenvalue weighted by Gasteiger charge is 2.23. The van der Waals surface area contributed by atoms with Gasteiger partial charge in [0.2, 0.25) is 0 Å². The number of hydrogen-bond acceptors (Lipinski definition) is 2. The van der Waals surface area contributed by atoms with E-state index in [0.717, 1.165) is 17.4 Å². The normalized spacial score (nSPS) is 22.9. The van der Waals surface area contributed by atoms with Gasteiger partial charge in [-0.1, -0.05) is 37.8 Å². The average Bonchev–Trinajstić information content (AvgIpc) is 2.42. The quantitative estimate of drug-likeness (QED) is 0.773. The molecule has 2 nitrogen and oxygen atoms in total. The van der Waals surface area contributed by atoms with Crippen LogP contribution in [0.4, 0.5) is 5.69 Å². The molecule has 1 N–H and O–H groups in total. The van der Waals surface area contributed by atoms with Gasteiger partial charge < -0.3 is 10.1 Å². The first-order valence-electron chi connectivity index (χ1n) is 7.83. The van der Waals surface area contributed by atoms with E-state index in [4.69, 9.17) is 16.3 Å². The van der Waals surface area contributed by atoms with Gasteiger partial charge in [-0.15, -0.1) is 0 Å². The zero-order valence-electron chi connectivity index (χ0n) is 12.8. The van der Waals surface area contributed by atoms with Crippen LogP contribution in [0.2, 0.25) is 5.02 Å². The molecule has 2 atom stereocenters. The van der Waals surface area contributed by atoms with Crippen molar-refractivity contribution in [2.45, 2.75) is 65.0 Å². The molecule has 0 heterocycles. The molecule has 2 rings (SSSR count). The molecule has 0 amide bonds. The minimum atomic E-state index is 0.147. The molecule has 0 spiro atoms. The lowest BCUT2D eigenvalue weighted by atomic mass is 9.83. The molecular weight excluding hydrogens is 270 g/mol. The summed E-state index contributed by atoms with van der Waals surface area (Å²) in [6.45, 7) is 6.31. The van der Waals surface area contributed by atoms with Gasteiger partial charge in [0.25, 0.3) is 0 Å². The molecule has 1 aromatic rings. The fraction of sp³-hybridized carbons (Fsp3) is 0.647. The van der Waals surface area contributed by atoms with E-state index in [1.54, 1.807) is 0 Å². The molecule has 0 aliphatic heterocycles.